The Morgan fingerprint density at radius 2 is 2.16 bits per heavy atom. The number of carbonyl (C=O) groups excluding carboxylic acids is 2. The van der Waals surface area contributed by atoms with Crippen molar-refractivity contribution < 1.29 is 18.4 Å². The Hall–Kier alpha value is -2.83. The SMILES string of the molecule is O=C(NC1CCCN(Cc2ccc(F)cc2F)C1=O)c1cccnc1. The molecule has 0 aliphatic carbocycles. The van der Waals surface area contributed by atoms with Gasteiger partial charge in [-0.1, -0.05) is 6.07 Å². The van der Waals surface area contributed by atoms with Gasteiger partial charge in [-0.3, -0.25) is 14.6 Å². The van der Waals surface area contributed by atoms with Crippen LogP contribution < -0.4 is 5.32 Å². The number of hydrogen-bond acceptors (Lipinski definition) is 3. The highest BCUT2D eigenvalue weighted by atomic mass is 19.1. The first-order chi connectivity index (χ1) is 12.0. The molecule has 1 aromatic heterocycles. The van der Waals surface area contributed by atoms with Crippen LogP contribution in [0.5, 0.6) is 0 Å². The van der Waals surface area contributed by atoms with Gasteiger partial charge in [0, 0.05) is 37.1 Å². The maximum absolute atomic E-state index is 13.8. The standard InChI is InChI=1S/C18H17F2N3O2/c19-14-6-5-13(15(20)9-14)11-23-8-2-4-16(18(23)25)22-17(24)12-3-1-7-21-10-12/h1,3,5-7,9-10,16H,2,4,8,11H2,(H,22,24). The lowest BCUT2D eigenvalue weighted by atomic mass is 10.0. The summed E-state index contributed by atoms with van der Waals surface area (Å²) in [4.78, 5) is 30.1. The smallest absolute Gasteiger partial charge is 0.253 e. The first-order valence-electron chi connectivity index (χ1n) is 7.98. The van der Waals surface area contributed by atoms with E-state index in [0.29, 0.717) is 24.9 Å². The normalized spacial score (nSPS) is 17.4. The highest BCUT2D eigenvalue weighted by Gasteiger charge is 2.30. The molecule has 2 aromatic rings. The fourth-order valence-corrected chi connectivity index (χ4v) is 2.83. The van der Waals surface area contributed by atoms with Crippen molar-refractivity contribution in [3.8, 4) is 0 Å². The van der Waals surface area contributed by atoms with Crippen molar-refractivity contribution in [3.05, 3.63) is 65.5 Å². The molecule has 1 saturated heterocycles. The summed E-state index contributed by atoms with van der Waals surface area (Å²) in [6, 6.07) is 5.88. The lowest BCUT2D eigenvalue weighted by Crippen LogP contribution is -2.52. The summed E-state index contributed by atoms with van der Waals surface area (Å²) >= 11 is 0. The number of nitrogens with zero attached hydrogens (tertiary/aromatic N) is 2. The Morgan fingerprint density at radius 3 is 2.88 bits per heavy atom. The molecule has 130 valence electrons. The van der Waals surface area contributed by atoms with E-state index in [-0.39, 0.29) is 23.9 Å². The zero-order chi connectivity index (χ0) is 17.8. The first-order valence-corrected chi connectivity index (χ1v) is 7.98. The minimum Gasteiger partial charge on any atom is -0.340 e. The van der Waals surface area contributed by atoms with Crippen LogP contribution in [0, 0.1) is 11.6 Å². The molecule has 0 spiro atoms. The molecule has 25 heavy (non-hydrogen) atoms. The largest absolute Gasteiger partial charge is 0.340 e. The van der Waals surface area contributed by atoms with Crippen LogP contribution in [-0.2, 0) is 11.3 Å². The number of benzene rings is 1. The molecule has 0 radical (unpaired) electrons. The van der Waals surface area contributed by atoms with Crippen molar-refractivity contribution >= 4 is 11.8 Å². The molecular weight excluding hydrogens is 328 g/mol. The van der Waals surface area contributed by atoms with Crippen molar-refractivity contribution in [1.29, 1.82) is 0 Å². The third-order valence-electron chi connectivity index (χ3n) is 4.14. The molecule has 5 nitrogen and oxygen atoms in total. The molecular formula is C18H17F2N3O2. The van der Waals surface area contributed by atoms with Gasteiger partial charge in [-0.05, 0) is 31.0 Å². The van der Waals surface area contributed by atoms with E-state index in [1.54, 1.807) is 18.3 Å². The van der Waals surface area contributed by atoms with E-state index in [4.69, 9.17) is 0 Å². The monoisotopic (exact) mass is 345 g/mol. The average Bonchev–Trinajstić information content (AvgIpc) is 2.61. The van der Waals surface area contributed by atoms with Gasteiger partial charge in [-0.25, -0.2) is 8.78 Å². The molecule has 0 saturated carbocycles. The molecule has 1 fully saturated rings. The highest BCUT2D eigenvalue weighted by molar-refractivity contribution is 5.97. The Bertz CT molecular complexity index is 783. The molecule has 1 aliphatic rings. The van der Waals surface area contributed by atoms with Crippen LogP contribution in [0.15, 0.2) is 42.7 Å². The van der Waals surface area contributed by atoms with Gasteiger partial charge >= 0.3 is 0 Å². The van der Waals surface area contributed by atoms with E-state index in [1.165, 1.54) is 17.2 Å². The van der Waals surface area contributed by atoms with Crippen molar-refractivity contribution in [3.63, 3.8) is 0 Å². The van der Waals surface area contributed by atoms with Crippen LogP contribution in [0.2, 0.25) is 0 Å². The molecule has 2 amide bonds. The number of carbonyl (C=O) groups is 2. The summed E-state index contributed by atoms with van der Waals surface area (Å²) in [6.45, 7) is 0.513. The fourth-order valence-electron chi connectivity index (χ4n) is 2.83. The van der Waals surface area contributed by atoms with Crippen molar-refractivity contribution in [1.82, 2.24) is 15.2 Å². The molecule has 1 aromatic carbocycles. The minimum absolute atomic E-state index is 0.0458. The Balaban J connectivity index is 1.67. The molecule has 1 N–H and O–H groups in total. The van der Waals surface area contributed by atoms with Gasteiger partial charge in [-0.15, -0.1) is 0 Å². The van der Waals surface area contributed by atoms with Gasteiger partial charge in [0.05, 0.1) is 5.56 Å². The quantitative estimate of drug-likeness (QED) is 0.925. The molecule has 1 atom stereocenters. The van der Waals surface area contributed by atoms with Gasteiger partial charge in [0.15, 0.2) is 0 Å². The van der Waals surface area contributed by atoms with E-state index in [2.05, 4.69) is 10.3 Å². The number of piperidine rings is 1. The van der Waals surface area contributed by atoms with Crippen LogP contribution in [0.25, 0.3) is 0 Å². The van der Waals surface area contributed by atoms with Crippen LogP contribution in [0.1, 0.15) is 28.8 Å². The Kier molecular flexibility index (Phi) is 5.02. The van der Waals surface area contributed by atoms with Crippen LogP contribution in [-0.4, -0.2) is 34.3 Å². The van der Waals surface area contributed by atoms with E-state index < -0.39 is 17.7 Å². The Labute approximate surface area is 143 Å². The van der Waals surface area contributed by atoms with Gasteiger partial charge < -0.3 is 10.2 Å². The van der Waals surface area contributed by atoms with Crippen molar-refractivity contribution in [2.45, 2.75) is 25.4 Å². The summed E-state index contributed by atoms with van der Waals surface area (Å²) in [7, 11) is 0. The highest BCUT2D eigenvalue weighted by Crippen LogP contribution is 2.18. The number of amides is 2. The molecule has 7 heteroatoms. The van der Waals surface area contributed by atoms with Crippen LogP contribution >= 0.6 is 0 Å². The number of aromatic nitrogens is 1. The molecule has 3 rings (SSSR count). The number of likely N-dealkylation sites (tertiary alicyclic amines) is 1. The van der Waals surface area contributed by atoms with Gasteiger partial charge in [0.25, 0.3) is 5.91 Å². The Morgan fingerprint density at radius 1 is 1.32 bits per heavy atom. The summed E-state index contributed by atoms with van der Waals surface area (Å²) in [5, 5.41) is 2.70. The second-order valence-corrected chi connectivity index (χ2v) is 5.91. The van der Waals surface area contributed by atoms with E-state index >= 15 is 0 Å². The average molecular weight is 345 g/mol. The maximum atomic E-state index is 13.8. The fraction of sp³-hybridized carbons (Fsp3) is 0.278. The summed E-state index contributed by atoms with van der Waals surface area (Å²) in [6.07, 6.45) is 4.19. The second kappa shape index (κ2) is 7.38. The molecule has 1 aliphatic heterocycles. The van der Waals surface area contributed by atoms with E-state index in [0.717, 1.165) is 12.1 Å². The maximum Gasteiger partial charge on any atom is 0.253 e. The van der Waals surface area contributed by atoms with Crippen molar-refractivity contribution in [2.75, 3.05) is 6.54 Å². The molecule has 0 bridgehead atoms. The second-order valence-electron chi connectivity index (χ2n) is 5.91. The number of rotatable bonds is 4. The summed E-state index contributed by atoms with van der Waals surface area (Å²) < 4.78 is 26.8. The topological polar surface area (TPSA) is 62.3 Å². The number of pyridine rings is 1. The van der Waals surface area contributed by atoms with Gasteiger partial charge in [0.1, 0.15) is 17.7 Å². The summed E-state index contributed by atoms with van der Waals surface area (Å²) in [5.74, 6) is -1.99. The first kappa shape index (κ1) is 17.0. The van der Waals surface area contributed by atoms with E-state index in [1.807, 2.05) is 0 Å². The van der Waals surface area contributed by atoms with Gasteiger partial charge in [0.2, 0.25) is 5.91 Å². The number of halogens is 2. The van der Waals surface area contributed by atoms with Crippen molar-refractivity contribution in [2.24, 2.45) is 0 Å². The lowest BCUT2D eigenvalue weighted by Gasteiger charge is -2.32. The van der Waals surface area contributed by atoms with Crippen LogP contribution in [0.4, 0.5) is 8.78 Å². The summed E-state index contributed by atoms with van der Waals surface area (Å²) in [5.41, 5.74) is 0.617. The van der Waals surface area contributed by atoms with Crippen LogP contribution in [0.3, 0.4) is 0 Å². The molecule has 2 heterocycles. The lowest BCUT2D eigenvalue weighted by molar-refractivity contribution is -0.136. The predicted molar refractivity (Wildman–Crippen MR) is 86.5 cm³/mol. The third kappa shape index (κ3) is 3.99. The minimum atomic E-state index is -0.686. The number of nitrogens with one attached hydrogen (secondary N) is 1. The molecule has 1 unspecified atom stereocenters. The predicted octanol–water partition coefficient (Wildman–Crippen LogP) is 2.28. The third-order valence-corrected chi connectivity index (χ3v) is 4.14. The van der Waals surface area contributed by atoms with Gasteiger partial charge in [-0.2, -0.15) is 0 Å². The van der Waals surface area contributed by atoms with E-state index in [9.17, 15) is 18.4 Å². The zero-order valence-electron chi connectivity index (χ0n) is 13.4. The zero-order valence-corrected chi connectivity index (χ0v) is 13.4. The number of hydrogen-bond donors (Lipinski definition) is 1.